The molecular weight excluding hydrogens is 226 g/mol. The summed E-state index contributed by atoms with van der Waals surface area (Å²) in [5.74, 6) is -0.777. The van der Waals surface area contributed by atoms with E-state index in [9.17, 15) is 9.90 Å². The largest absolute Gasteiger partial charge is 0.480 e. The Kier molecular flexibility index (Phi) is 5.59. The van der Waals surface area contributed by atoms with Gasteiger partial charge < -0.3 is 5.11 Å². The molecular formula is C15H21NO2. The van der Waals surface area contributed by atoms with E-state index in [0.717, 1.165) is 5.56 Å². The van der Waals surface area contributed by atoms with Crippen LogP contribution in [0.1, 0.15) is 32.3 Å². The molecule has 0 radical (unpaired) electrons. The van der Waals surface area contributed by atoms with E-state index < -0.39 is 11.5 Å². The van der Waals surface area contributed by atoms with Crippen LogP contribution in [0.3, 0.4) is 0 Å². The van der Waals surface area contributed by atoms with Crippen LogP contribution in [-0.4, -0.2) is 23.2 Å². The number of hydrogen-bond acceptors (Lipinski definition) is 2. The molecule has 0 fully saturated rings. The lowest BCUT2D eigenvalue weighted by Gasteiger charge is -2.27. The molecule has 0 unspecified atom stereocenters. The van der Waals surface area contributed by atoms with Gasteiger partial charge in [0.1, 0.15) is 5.54 Å². The summed E-state index contributed by atoms with van der Waals surface area (Å²) in [6.07, 6.45) is 5.11. The Morgan fingerprint density at radius 3 is 2.39 bits per heavy atom. The molecule has 3 heteroatoms. The molecule has 0 spiro atoms. The van der Waals surface area contributed by atoms with Crippen molar-refractivity contribution >= 4 is 12.0 Å². The highest BCUT2D eigenvalue weighted by atomic mass is 16.4. The minimum atomic E-state index is -0.805. The molecule has 0 saturated heterocycles. The molecule has 0 saturated carbocycles. The fraction of sp³-hybridized carbons (Fsp3) is 0.400. The third-order valence-corrected chi connectivity index (χ3v) is 3.28. The predicted octanol–water partition coefficient (Wildman–Crippen LogP) is 2.93. The minimum Gasteiger partial charge on any atom is -0.480 e. The molecule has 1 aromatic rings. The molecule has 0 atom stereocenters. The summed E-state index contributed by atoms with van der Waals surface area (Å²) in [4.78, 5) is 11.3. The lowest BCUT2D eigenvalue weighted by atomic mass is 9.93. The van der Waals surface area contributed by atoms with Crippen molar-refractivity contribution in [2.24, 2.45) is 0 Å². The van der Waals surface area contributed by atoms with Crippen molar-refractivity contribution < 1.29 is 9.90 Å². The molecule has 98 valence electrons. The van der Waals surface area contributed by atoms with Crippen molar-refractivity contribution in [1.82, 2.24) is 5.32 Å². The standard InChI is InChI=1S/C15H21NO2/c1-3-15(4-2,14(17)18)16-12-8-11-13-9-6-5-7-10-13/h5-11,16H,3-4,12H2,1-2H3,(H,17,18). The van der Waals surface area contributed by atoms with Crippen LogP contribution in [0, 0.1) is 0 Å². The van der Waals surface area contributed by atoms with Gasteiger partial charge in [-0.15, -0.1) is 0 Å². The molecule has 0 heterocycles. The Hall–Kier alpha value is -1.61. The average molecular weight is 247 g/mol. The van der Waals surface area contributed by atoms with Crippen molar-refractivity contribution in [1.29, 1.82) is 0 Å². The van der Waals surface area contributed by atoms with Gasteiger partial charge in [-0.1, -0.05) is 56.3 Å². The fourth-order valence-corrected chi connectivity index (χ4v) is 1.89. The average Bonchev–Trinajstić information content (AvgIpc) is 2.40. The number of benzene rings is 1. The summed E-state index contributed by atoms with van der Waals surface area (Å²) in [5.41, 5.74) is 0.314. The van der Waals surface area contributed by atoms with Gasteiger partial charge in [0, 0.05) is 6.54 Å². The maximum absolute atomic E-state index is 11.3. The molecule has 0 aliphatic rings. The smallest absolute Gasteiger partial charge is 0.323 e. The van der Waals surface area contributed by atoms with Crippen LogP contribution in [0.5, 0.6) is 0 Å². The van der Waals surface area contributed by atoms with Crippen LogP contribution in [0.15, 0.2) is 36.4 Å². The van der Waals surface area contributed by atoms with Gasteiger partial charge in [0.25, 0.3) is 0 Å². The second-order valence-corrected chi connectivity index (χ2v) is 4.29. The van der Waals surface area contributed by atoms with Gasteiger partial charge in [-0.05, 0) is 18.4 Å². The molecule has 0 aliphatic carbocycles. The molecule has 3 nitrogen and oxygen atoms in total. The zero-order chi connectivity index (χ0) is 13.4. The van der Waals surface area contributed by atoms with Crippen LogP contribution in [0.2, 0.25) is 0 Å². The lowest BCUT2D eigenvalue weighted by molar-refractivity contribution is -0.145. The number of nitrogens with one attached hydrogen (secondary N) is 1. The first kappa shape index (κ1) is 14.5. The van der Waals surface area contributed by atoms with E-state index in [4.69, 9.17) is 0 Å². The van der Waals surface area contributed by atoms with Crippen molar-refractivity contribution in [2.75, 3.05) is 6.54 Å². The summed E-state index contributed by atoms with van der Waals surface area (Å²) < 4.78 is 0. The van der Waals surface area contributed by atoms with Gasteiger partial charge >= 0.3 is 5.97 Å². The minimum absolute atomic E-state index is 0.558. The summed E-state index contributed by atoms with van der Waals surface area (Å²) >= 11 is 0. The predicted molar refractivity (Wildman–Crippen MR) is 74.4 cm³/mol. The first-order valence-corrected chi connectivity index (χ1v) is 6.34. The maximum Gasteiger partial charge on any atom is 0.323 e. The van der Waals surface area contributed by atoms with Crippen LogP contribution >= 0.6 is 0 Å². The van der Waals surface area contributed by atoms with E-state index in [1.807, 2.05) is 56.3 Å². The first-order chi connectivity index (χ1) is 8.64. The van der Waals surface area contributed by atoms with Crippen molar-refractivity contribution in [3.63, 3.8) is 0 Å². The maximum atomic E-state index is 11.3. The number of carboxylic acid groups (broad SMARTS) is 1. The Morgan fingerprint density at radius 1 is 1.28 bits per heavy atom. The fourth-order valence-electron chi connectivity index (χ4n) is 1.89. The van der Waals surface area contributed by atoms with Crippen molar-refractivity contribution in [3.05, 3.63) is 42.0 Å². The first-order valence-electron chi connectivity index (χ1n) is 6.34. The zero-order valence-electron chi connectivity index (χ0n) is 11.0. The monoisotopic (exact) mass is 247 g/mol. The van der Waals surface area contributed by atoms with Crippen molar-refractivity contribution in [3.8, 4) is 0 Å². The number of rotatable bonds is 7. The summed E-state index contributed by atoms with van der Waals surface area (Å²) in [7, 11) is 0. The van der Waals surface area contributed by atoms with Crippen LogP contribution in [-0.2, 0) is 4.79 Å². The highest BCUT2D eigenvalue weighted by Gasteiger charge is 2.33. The highest BCUT2D eigenvalue weighted by molar-refractivity contribution is 5.78. The highest BCUT2D eigenvalue weighted by Crippen LogP contribution is 2.15. The summed E-state index contributed by atoms with van der Waals surface area (Å²) in [6.45, 7) is 4.35. The Bertz CT molecular complexity index is 394. The Labute approximate surface area is 109 Å². The van der Waals surface area contributed by atoms with E-state index in [1.165, 1.54) is 0 Å². The molecule has 0 aliphatic heterocycles. The van der Waals surface area contributed by atoms with Crippen LogP contribution < -0.4 is 5.32 Å². The second-order valence-electron chi connectivity index (χ2n) is 4.29. The van der Waals surface area contributed by atoms with E-state index in [0.29, 0.717) is 19.4 Å². The van der Waals surface area contributed by atoms with Gasteiger partial charge in [0.15, 0.2) is 0 Å². The number of aliphatic carboxylic acids is 1. The number of carboxylic acids is 1. The Morgan fingerprint density at radius 2 is 1.89 bits per heavy atom. The summed E-state index contributed by atoms with van der Waals surface area (Å²) in [5, 5.41) is 12.4. The third-order valence-electron chi connectivity index (χ3n) is 3.28. The molecule has 0 bridgehead atoms. The molecule has 0 aromatic heterocycles. The van der Waals surface area contributed by atoms with Crippen molar-refractivity contribution in [2.45, 2.75) is 32.2 Å². The number of hydrogen-bond donors (Lipinski definition) is 2. The van der Waals surface area contributed by atoms with E-state index >= 15 is 0 Å². The van der Waals surface area contributed by atoms with Gasteiger partial charge in [-0.2, -0.15) is 0 Å². The molecule has 0 amide bonds. The van der Waals surface area contributed by atoms with E-state index in [1.54, 1.807) is 0 Å². The van der Waals surface area contributed by atoms with Gasteiger partial charge in [-0.3, -0.25) is 10.1 Å². The van der Waals surface area contributed by atoms with Crippen LogP contribution in [0.25, 0.3) is 6.08 Å². The quantitative estimate of drug-likeness (QED) is 0.779. The third kappa shape index (κ3) is 3.70. The number of carbonyl (C=O) groups is 1. The second kappa shape index (κ2) is 6.97. The molecule has 1 aromatic carbocycles. The SMILES string of the molecule is CCC(CC)(NCC=Cc1ccccc1)C(=O)O. The van der Waals surface area contributed by atoms with Crippen LogP contribution in [0.4, 0.5) is 0 Å². The van der Waals surface area contributed by atoms with Gasteiger partial charge in [0.05, 0.1) is 0 Å². The van der Waals surface area contributed by atoms with E-state index in [-0.39, 0.29) is 0 Å². The zero-order valence-corrected chi connectivity index (χ0v) is 11.0. The summed E-state index contributed by atoms with van der Waals surface area (Å²) in [6, 6.07) is 9.96. The van der Waals surface area contributed by atoms with Gasteiger partial charge in [-0.25, -0.2) is 0 Å². The topological polar surface area (TPSA) is 49.3 Å². The van der Waals surface area contributed by atoms with E-state index in [2.05, 4.69) is 5.32 Å². The molecule has 2 N–H and O–H groups in total. The Balaban J connectivity index is 2.54. The normalized spacial score (nSPS) is 11.9. The lowest BCUT2D eigenvalue weighted by Crippen LogP contribution is -2.51. The molecule has 1 rings (SSSR count). The van der Waals surface area contributed by atoms with Gasteiger partial charge in [0.2, 0.25) is 0 Å². The molecule has 18 heavy (non-hydrogen) atoms.